The third-order valence-corrected chi connectivity index (χ3v) is 1.21. The lowest BCUT2D eigenvalue weighted by Gasteiger charge is -2.04. The van der Waals surface area contributed by atoms with Gasteiger partial charge in [0, 0.05) is 0 Å². The van der Waals surface area contributed by atoms with Crippen LogP contribution in [0.2, 0.25) is 0 Å². The number of nitriles is 1. The van der Waals surface area contributed by atoms with Crippen LogP contribution in [0.5, 0.6) is 0 Å². The minimum absolute atomic E-state index is 1.25. The molecular weight excluding hydrogens is 132 g/mol. The zero-order valence-corrected chi connectivity index (χ0v) is 7.09. The van der Waals surface area contributed by atoms with E-state index in [1.165, 1.54) is 18.5 Å². The van der Waals surface area contributed by atoms with Gasteiger partial charge in [-0.25, -0.2) is 5.26 Å². The number of thiocyanates is 1. The highest BCUT2D eigenvalue weighted by molar-refractivity contribution is 7.64. The van der Waals surface area contributed by atoms with E-state index in [-0.39, 0.29) is 0 Å². The molecule has 0 spiro atoms. The summed E-state index contributed by atoms with van der Waals surface area (Å²) in [5, 5.41) is 8.47. The topological polar surface area (TPSA) is 28.2 Å². The first-order valence-corrected chi connectivity index (χ1v) is 3.46. The minimum Gasteiger partial charge on any atom is -0.696 e. The Morgan fingerprint density at radius 1 is 1.44 bits per heavy atom. The zero-order valence-electron chi connectivity index (χ0n) is 6.27. The van der Waals surface area contributed by atoms with Gasteiger partial charge in [0.25, 0.3) is 0 Å². The molecule has 0 fully saturated rings. The SMILES string of the molecule is CC[NH+](C)CC.N#C[S-]. The van der Waals surface area contributed by atoms with Crippen LogP contribution in [0.3, 0.4) is 0 Å². The van der Waals surface area contributed by atoms with Gasteiger partial charge in [0.05, 0.1) is 20.1 Å². The maximum atomic E-state index is 7.13. The van der Waals surface area contributed by atoms with Crippen molar-refractivity contribution in [2.24, 2.45) is 0 Å². The van der Waals surface area contributed by atoms with Crippen LogP contribution in [0.15, 0.2) is 0 Å². The second kappa shape index (κ2) is 10.6. The second-order valence-electron chi connectivity index (χ2n) is 1.76. The van der Waals surface area contributed by atoms with Gasteiger partial charge in [0.1, 0.15) is 0 Å². The Bertz CT molecular complexity index is 73.6. The Balaban J connectivity index is 0. The Kier molecular flexibility index (Phi) is 13.5. The van der Waals surface area contributed by atoms with E-state index < -0.39 is 0 Å². The summed E-state index contributed by atoms with van der Waals surface area (Å²) in [5.41, 5.74) is 0. The minimum atomic E-state index is 1.25. The maximum absolute atomic E-state index is 7.13. The van der Waals surface area contributed by atoms with Crippen LogP contribution >= 0.6 is 0 Å². The number of nitrogens with zero attached hydrogens (tertiary/aromatic N) is 1. The molecule has 0 unspecified atom stereocenters. The first-order chi connectivity index (χ1) is 4.22. The van der Waals surface area contributed by atoms with Crippen LogP contribution in [0.25, 0.3) is 0 Å². The molecule has 1 N–H and O–H groups in total. The molecule has 0 rings (SSSR count). The van der Waals surface area contributed by atoms with Crippen LogP contribution in [-0.2, 0) is 12.6 Å². The molecule has 0 heterocycles. The molecular formula is C6H14N2S. The van der Waals surface area contributed by atoms with E-state index >= 15 is 0 Å². The van der Waals surface area contributed by atoms with Crippen molar-refractivity contribution < 1.29 is 4.90 Å². The van der Waals surface area contributed by atoms with Gasteiger partial charge in [0.2, 0.25) is 0 Å². The fourth-order valence-electron chi connectivity index (χ4n) is 0.250. The van der Waals surface area contributed by atoms with Gasteiger partial charge in [0.15, 0.2) is 0 Å². The third kappa shape index (κ3) is 18.3. The van der Waals surface area contributed by atoms with Crippen molar-refractivity contribution in [2.75, 3.05) is 20.1 Å². The van der Waals surface area contributed by atoms with Gasteiger partial charge in [-0.15, -0.1) is 0 Å². The second-order valence-corrected chi connectivity index (χ2v) is 1.94. The summed E-state index contributed by atoms with van der Waals surface area (Å²) in [6.45, 7) is 6.88. The molecule has 0 aromatic carbocycles. The normalized spacial score (nSPS) is 7.44. The first-order valence-electron chi connectivity index (χ1n) is 3.05. The molecule has 0 aliphatic rings. The van der Waals surface area contributed by atoms with Crippen LogP contribution in [0, 0.1) is 10.7 Å². The summed E-state index contributed by atoms with van der Waals surface area (Å²) in [7, 11) is 2.19. The molecule has 0 aromatic heterocycles. The lowest BCUT2D eigenvalue weighted by molar-refractivity contribution is -0.875. The highest BCUT2D eigenvalue weighted by Crippen LogP contribution is 1.37. The smallest absolute Gasteiger partial charge is 0.0740 e. The predicted molar refractivity (Wildman–Crippen MR) is 40.9 cm³/mol. The molecule has 0 aliphatic heterocycles. The quantitative estimate of drug-likeness (QED) is 0.422. The molecule has 0 radical (unpaired) electrons. The molecule has 54 valence electrons. The van der Waals surface area contributed by atoms with E-state index in [1.807, 2.05) is 0 Å². The molecule has 0 amide bonds. The van der Waals surface area contributed by atoms with E-state index in [0.29, 0.717) is 0 Å². The largest absolute Gasteiger partial charge is 0.696 e. The van der Waals surface area contributed by atoms with Gasteiger partial charge < -0.3 is 17.5 Å². The number of nitrogens with one attached hydrogen (secondary N) is 1. The van der Waals surface area contributed by atoms with Crippen molar-refractivity contribution in [3.8, 4) is 5.40 Å². The lowest BCUT2D eigenvalue weighted by atomic mass is 10.6. The first kappa shape index (κ1) is 11.5. The molecule has 2 nitrogen and oxygen atoms in total. The molecule has 9 heavy (non-hydrogen) atoms. The lowest BCUT2D eigenvalue weighted by Crippen LogP contribution is -3.08. The summed E-state index contributed by atoms with van der Waals surface area (Å²) in [6.07, 6.45) is 0. The summed E-state index contributed by atoms with van der Waals surface area (Å²) in [6, 6.07) is 0. The van der Waals surface area contributed by atoms with Gasteiger partial charge >= 0.3 is 0 Å². The average molecular weight is 146 g/mol. The zero-order chi connectivity index (χ0) is 7.70. The van der Waals surface area contributed by atoms with Crippen LogP contribution in [-0.4, -0.2) is 20.1 Å². The van der Waals surface area contributed by atoms with Crippen LogP contribution in [0.4, 0.5) is 0 Å². The van der Waals surface area contributed by atoms with Crippen molar-refractivity contribution in [3.05, 3.63) is 0 Å². The molecule has 0 atom stereocenters. The maximum Gasteiger partial charge on any atom is 0.0740 e. The van der Waals surface area contributed by atoms with Gasteiger partial charge in [-0.2, -0.15) is 0 Å². The van der Waals surface area contributed by atoms with E-state index in [4.69, 9.17) is 5.26 Å². The average Bonchev–Trinajstić information content (AvgIpc) is 1.88. The van der Waals surface area contributed by atoms with Crippen molar-refractivity contribution in [1.82, 2.24) is 0 Å². The molecule has 0 aromatic rings. The highest BCUT2D eigenvalue weighted by Gasteiger charge is 1.85. The molecule has 3 heteroatoms. The number of quaternary nitrogens is 1. The monoisotopic (exact) mass is 146 g/mol. The van der Waals surface area contributed by atoms with Crippen molar-refractivity contribution in [1.29, 1.82) is 5.26 Å². The Labute approximate surface area is 62.9 Å². The van der Waals surface area contributed by atoms with E-state index in [0.717, 1.165) is 0 Å². The van der Waals surface area contributed by atoms with Gasteiger partial charge in [-0.1, -0.05) is 5.40 Å². The highest BCUT2D eigenvalue weighted by atomic mass is 32.1. The molecule has 0 aliphatic carbocycles. The Morgan fingerprint density at radius 2 is 1.67 bits per heavy atom. The van der Waals surface area contributed by atoms with Gasteiger partial charge in [-0.3, -0.25) is 0 Å². The summed E-state index contributed by atoms with van der Waals surface area (Å²) in [4.78, 5) is 1.59. The number of hydrogen-bond donors (Lipinski definition) is 1. The fourth-order valence-corrected chi connectivity index (χ4v) is 0.250. The van der Waals surface area contributed by atoms with Crippen molar-refractivity contribution in [2.45, 2.75) is 13.8 Å². The van der Waals surface area contributed by atoms with Crippen molar-refractivity contribution >= 4 is 12.6 Å². The van der Waals surface area contributed by atoms with Crippen molar-refractivity contribution in [3.63, 3.8) is 0 Å². The molecule has 0 bridgehead atoms. The predicted octanol–water partition coefficient (Wildman–Crippen LogP) is -0.445. The molecule has 0 saturated heterocycles. The van der Waals surface area contributed by atoms with E-state index in [2.05, 4.69) is 33.5 Å². The Morgan fingerprint density at radius 3 is 1.67 bits per heavy atom. The van der Waals surface area contributed by atoms with E-state index in [1.54, 1.807) is 4.90 Å². The van der Waals surface area contributed by atoms with Crippen LogP contribution < -0.4 is 4.90 Å². The van der Waals surface area contributed by atoms with Crippen LogP contribution in [0.1, 0.15) is 13.8 Å². The van der Waals surface area contributed by atoms with Gasteiger partial charge in [-0.05, 0) is 13.8 Å². The van der Waals surface area contributed by atoms with E-state index in [9.17, 15) is 0 Å². The fraction of sp³-hybridized carbons (Fsp3) is 0.833. The Hall–Kier alpha value is -0.330. The third-order valence-electron chi connectivity index (χ3n) is 1.21. The molecule has 0 saturated carbocycles. The summed E-state index contributed by atoms with van der Waals surface area (Å²) < 4.78 is 0. The number of hydrogen-bond acceptors (Lipinski definition) is 2. The number of rotatable bonds is 2. The standard InChI is InChI=1S/C5H13N.CHNS/c1-4-6(3)5-2;2-1-3/h4-5H2,1-3H3;3H. The summed E-state index contributed by atoms with van der Waals surface area (Å²) in [5.74, 6) is 0. The summed E-state index contributed by atoms with van der Waals surface area (Å²) >= 11 is 3.70.